The fraction of sp³-hybridized carbons (Fsp3) is 0.238. The number of para-hydroxylation sites is 1. The summed E-state index contributed by atoms with van der Waals surface area (Å²) in [7, 11) is 0. The number of carbonyl (C=O) groups is 1. The van der Waals surface area contributed by atoms with Crippen LogP contribution in [0, 0.1) is 0 Å². The Labute approximate surface area is 161 Å². The van der Waals surface area contributed by atoms with Crippen LogP contribution in [0.5, 0.6) is 11.5 Å². The van der Waals surface area contributed by atoms with Gasteiger partial charge in [-0.05, 0) is 29.3 Å². The Hall–Kier alpha value is -2.79. The molecule has 0 spiro atoms. The minimum absolute atomic E-state index is 0.118. The number of hydrogen-bond acceptors (Lipinski definition) is 5. The summed E-state index contributed by atoms with van der Waals surface area (Å²) in [6.07, 6.45) is 2.68. The van der Waals surface area contributed by atoms with E-state index in [4.69, 9.17) is 25.8 Å². The highest BCUT2D eigenvalue weighted by Gasteiger charge is 2.16. The smallest absolute Gasteiger partial charge is 0.310 e. The van der Waals surface area contributed by atoms with E-state index in [9.17, 15) is 4.79 Å². The Kier molecular flexibility index (Phi) is 5.12. The summed E-state index contributed by atoms with van der Waals surface area (Å²) in [5.74, 6) is 0.812. The standard InChI is InChI=1S/C21H18ClNO4/c22-17-10-14(11-18-21(17)26-9-3-8-25-18)13-27-19(24)12-16-5-1-4-15-6-2-7-23-20(15)16/h1-2,4-7,10-11H,3,8-9,12-13H2. The fourth-order valence-electron chi connectivity index (χ4n) is 3.05. The molecule has 1 aliphatic rings. The van der Waals surface area contributed by atoms with E-state index in [1.165, 1.54) is 0 Å². The molecule has 0 radical (unpaired) electrons. The molecule has 6 heteroatoms. The number of carbonyl (C=O) groups excluding carboxylic acids is 1. The Balaban J connectivity index is 1.45. The van der Waals surface area contributed by atoms with E-state index in [0.29, 0.717) is 29.7 Å². The van der Waals surface area contributed by atoms with E-state index < -0.39 is 0 Å². The molecule has 4 rings (SSSR count). The molecular formula is C21H18ClNO4. The maximum atomic E-state index is 12.3. The lowest BCUT2D eigenvalue weighted by atomic mass is 10.1. The van der Waals surface area contributed by atoms with Crippen LogP contribution < -0.4 is 9.47 Å². The molecule has 5 nitrogen and oxygen atoms in total. The van der Waals surface area contributed by atoms with Crippen molar-refractivity contribution >= 4 is 28.5 Å². The van der Waals surface area contributed by atoms with Crippen LogP contribution in [0.2, 0.25) is 5.02 Å². The first kappa shape index (κ1) is 17.6. The summed E-state index contributed by atoms with van der Waals surface area (Å²) in [4.78, 5) is 16.7. The van der Waals surface area contributed by atoms with Gasteiger partial charge in [-0.2, -0.15) is 0 Å². The molecule has 0 unspecified atom stereocenters. The number of halogens is 1. The first-order valence-corrected chi connectivity index (χ1v) is 9.15. The van der Waals surface area contributed by atoms with Crippen molar-refractivity contribution in [3.63, 3.8) is 0 Å². The largest absolute Gasteiger partial charge is 0.489 e. The molecule has 0 saturated carbocycles. The molecule has 0 N–H and O–H groups in total. The van der Waals surface area contributed by atoms with Gasteiger partial charge in [-0.25, -0.2) is 0 Å². The molecule has 0 fully saturated rings. The zero-order valence-corrected chi connectivity index (χ0v) is 15.4. The number of rotatable bonds is 4. The fourth-order valence-corrected chi connectivity index (χ4v) is 3.34. The average Bonchev–Trinajstić information content (AvgIpc) is 2.93. The third kappa shape index (κ3) is 3.98. The van der Waals surface area contributed by atoms with Crippen LogP contribution in [0.3, 0.4) is 0 Å². The second kappa shape index (κ2) is 7.84. The van der Waals surface area contributed by atoms with Crippen LogP contribution >= 0.6 is 11.6 Å². The van der Waals surface area contributed by atoms with Gasteiger partial charge in [0.2, 0.25) is 0 Å². The normalized spacial score (nSPS) is 13.2. The quantitative estimate of drug-likeness (QED) is 0.627. The predicted molar refractivity (Wildman–Crippen MR) is 102 cm³/mol. The van der Waals surface area contributed by atoms with E-state index in [1.807, 2.05) is 30.3 Å². The minimum atomic E-state index is -0.323. The third-order valence-electron chi connectivity index (χ3n) is 4.31. The van der Waals surface area contributed by atoms with Crippen LogP contribution in [0.4, 0.5) is 0 Å². The number of fused-ring (bicyclic) bond motifs is 2. The lowest BCUT2D eigenvalue weighted by molar-refractivity contribution is -0.144. The summed E-state index contributed by atoms with van der Waals surface area (Å²) >= 11 is 6.28. The van der Waals surface area contributed by atoms with Gasteiger partial charge in [-0.15, -0.1) is 0 Å². The van der Waals surface area contributed by atoms with Crippen LogP contribution in [-0.4, -0.2) is 24.2 Å². The van der Waals surface area contributed by atoms with Crippen molar-refractivity contribution < 1.29 is 19.0 Å². The zero-order chi connectivity index (χ0) is 18.6. The molecule has 2 aromatic carbocycles. The lowest BCUT2D eigenvalue weighted by Gasteiger charge is -2.12. The van der Waals surface area contributed by atoms with E-state index in [0.717, 1.165) is 28.5 Å². The van der Waals surface area contributed by atoms with Crippen LogP contribution in [0.15, 0.2) is 48.7 Å². The van der Waals surface area contributed by atoms with Gasteiger partial charge in [-0.1, -0.05) is 35.9 Å². The summed E-state index contributed by atoms with van der Waals surface area (Å²) in [5.41, 5.74) is 2.42. The highest BCUT2D eigenvalue weighted by atomic mass is 35.5. The predicted octanol–water partition coefficient (Wildman–Crippen LogP) is 4.34. The molecule has 27 heavy (non-hydrogen) atoms. The monoisotopic (exact) mass is 383 g/mol. The van der Waals surface area contributed by atoms with E-state index in [-0.39, 0.29) is 19.0 Å². The van der Waals surface area contributed by atoms with Gasteiger partial charge in [0.1, 0.15) is 6.61 Å². The molecule has 3 aromatic rings. The van der Waals surface area contributed by atoms with Gasteiger partial charge >= 0.3 is 5.97 Å². The molecule has 2 heterocycles. The van der Waals surface area contributed by atoms with Crippen LogP contribution in [-0.2, 0) is 22.6 Å². The summed E-state index contributed by atoms with van der Waals surface area (Å²) < 4.78 is 16.7. The summed E-state index contributed by atoms with van der Waals surface area (Å²) in [6.45, 7) is 1.26. The van der Waals surface area contributed by atoms with E-state index in [1.54, 1.807) is 18.3 Å². The van der Waals surface area contributed by atoms with Crippen molar-refractivity contribution in [3.05, 3.63) is 64.8 Å². The molecular weight excluding hydrogens is 366 g/mol. The van der Waals surface area contributed by atoms with Crippen molar-refractivity contribution in [2.75, 3.05) is 13.2 Å². The van der Waals surface area contributed by atoms with Crippen molar-refractivity contribution in [2.45, 2.75) is 19.4 Å². The molecule has 0 atom stereocenters. The number of pyridine rings is 1. The number of hydrogen-bond donors (Lipinski definition) is 0. The molecule has 0 bridgehead atoms. The number of nitrogens with zero attached hydrogens (tertiary/aromatic N) is 1. The van der Waals surface area contributed by atoms with Crippen molar-refractivity contribution in [1.29, 1.82) is 0 Å². The van der Waals surface area contributed by atoms with Gasteiger partial charge < -0.3 is 14.2 Å². The highest BCUT2D eigenvalue weighted by molar-refractivity contribution is 6.32. The van der Waals surface area contributed by atoms with Gasteiger partial charge in [0.15, 0.2) is 11.5 Å². The molecule has 1 aromatic heterocycles. The second-order valence-electron chi connectivity index (χ2n) is 6.29. The Morgan fingerprint density at radius 3 is 2.93 bits per heavy atom. The molecule has 1 aliphatic heterocycles. The molecule has 0 aliphatic carbocycles. The number of benzene rings is 2. The maximum Gasteiger partial charge on any atom is 0.310 e. The van der Waals surface area contributed by atoms with Gasteiger partial charge in [-0.3, -0.25) is 9.78 Å². The van der Waals surface area contributed by atoms with Gasteiger partial charge in [0, 0.05) is 18.0 Å². The number of aromatic nitrogens is 1. The molecule has 0 saturated heterocycles. The Morgan fingerprint density at radius 1 is 1.15 bits per heavy atom. The first-order chi connectivity index (χ1) is 13.2. The summed E-state index contributed by atoms with van der Waals surface area (Å²) in [5, 5.41) is 1.45. The van der Waals surface area contributed by atoms with Gasteiger partial charge in [0.25, 0.3) is 0 Å². The third-order valence-corrected chi connectivity index (χ3v) is 4.59. The van der Waals surface area contributed by atoms with Crippen molar-refractivity contribution in [1.82, 2.24) is 4.98 Å². The van der Waals surface area contributed by atoms with Crippen molar-refractivity contribution in [2.24, 2.45) is 0 Å². The second-order valence-corrected chi connectivity index (χ2v) is 6.69. The SMILES string of the molecule is O=C(Cc1cccc2cccnc12)OCc1cc(Cl)c2c(c1)OCCCO2. The Bertz CT molecular complexity index is 984. The average molecular weight is 384 g/mol. The molecule has 0 amide bonds. The molecule has 138 valence electrons. The minimum Gasteiger partial charge on any atom is -0.489 e. The lowest BCUT2D eigenvalue weighted by Crippen LogP contribution is -2.09. The first-order valence-electron chi connectivity index (χ1n) is 8.77. The number of esters is 1. The highest BCUT2D eigenvalue weighted by Crippen LogP contribution is 2.38. The zero-order valence-electron chi connectivity index (χ0n) is 14.6. The summed E-state index contributed by atoms with van der Waals surface area (Å²) in [6, 6.07) is 13.2. The van der Waals surface area contributed by atoms with Crippen molar-refractivity contribution in [3.8, 4) is 11.5 Å². The number of ether oxygens (including phenoxy) is 3. The topological polar surface area (TPSA) is 57.7 Å². The van der Waals surface area contributed by atoms with Crippen LogP contribution in [0.1, 0.15) is 17.5 Å². The van der Waals surface area contributed by atoms with Crippen LogP contribution in [0.25, 0.3) is 10.9 Å². The van der Waals surface area contributed by atoms with Gasteiger partial charge in [0.05, 0.1) is 30.2 Å². The van der Waals surface area contributed by atoms with E-state index >= 15 is 0 Å². The maximum absolute atomic E-state index is 12.3. The Morgan fingerprint density at radius 2 is 2.00 bits per heavy atom. The van der Waals surface area contributed by atoms with E-state index in [2.05, 4.69) is 4.98 Å².